The number of hydrogen-bond acceptors (Lipinski definition) is 2. The maximum atomic E-state index is 13.3. The summed E-state index contributed by atoms with van der Waals surface area (Å²) in [6.45, 7) is 2.75. The first-order valence-corrected chi connectivity index (χ1v) is 9.24. The fraction of sp³-hybridized carbons (Fsp3) is 0.364. The van der Waals surface area contributed by atoms with Crippen LogP contribution in [0.4, 0.5) is 26.3 Å². The minimum atomic E-state index is -5.73. The molecule has 0 aromatic heterocycles. The van der Waals surface area contributed by atoms with Gasteiger partial charge in [-0.2, -0.15) is 22.0 Å². The molecule has 162 valence electrons. The number of ether oxygens (including phenoxy) is 2. The Morgan fingerprint density at radius 1 is 0.800 bits per heavy atom. The predicted octanol–water partition coefficient (Wildman–Crippen LogP) is 6.53. The summed E-state index contributed by atoms with van der Waals surface area (Å²) in [4.78, 5) is 0. The Balaban J connectivity index is 1.96. The minimum Gasteiger partial charge on any atom is -0.494 e. The molecular formula is C22H20F6O2. The van der Waals surface area contributed by atoms with E-state index in [1.54, 1.807) is 24.3 Å². The minimum absolute atomic E-state index is 0.415. The van der Waals surface area contributed by atoms with Crippen LogP contribution in [0.1, 0.15) is 37.3 Å². The van der Waals surface area contributed by atoms with Gasteiger partial charge in [-0.1, -0.05) is 31.6 Å². The number of rotatable bonds is 8. The topological polar surface area (TPSA) is 18.5 Å². The fourth-order valence-electron chi connectivity index (χ4n) is 2.33. The van der Waals surface area contributed by atoms with E-state index >= 15 is 0 Å². The Bertz CT molecular complexity index is 848. The van der Waals surface area contributed by atoms with Crippen molar-refractivity contribution in [3.05, 3.63) is 59.7 Å². The zero-order valence-electron chi connectivity index (χ0n) is 16.1. The van der Waals surface area contributed by atoms with Crippen LogP contribution < -0.4 is 9.47 Å². The standard InChI is InChI=1S/C22H20F6O2/c1-2-3-4-15-29-18-11-7-16(8-12-18)5-6-17-9-13-19(14-10-17)30-22(27,28)20(23)21(24,25)26/h7-14,20H,2-4,15H2,1H3. The van der Waals surface area contributed by atoms with Gasteiger partial charge in [-0.05, 0) is 55.0 Å². The molecule has 0 saturated heterocycles. The number of alkyl halides is 6. The molecule has 30 heavy (non-hydrogen) atoms. The molecule has 1 unspecified atom stereocenters. The molecule has 0 aliphatic carbocycles. The Hall–Kier alpha value is -2.82. The van der Waals surface area contributed by atoms with E-state index in [0.29, 0.717) is 17.7 Å². The Kier molecular flexibility index (Phi) is 8.04. The molecule has 2 aromatic carbocycles. The summed E-state index contributed by atoms with van der Waals surface area (Å²) in [6.07, 6.45) is -12.0. The predicted molar refractivity (Wildman–Crippen MR) is 100 cm³/mol. The highest BCUT2D eigenvalue weighted by atomic mass is 19.4. The molecule has 0 saturated carbocycles. The Morgan fingerprint density at radius 3 is 1.77 bits per heavy atom. The zero-order chi connectivity index (χ0) is 22.2. The summed E-state index contributed by atoms with van der Waals surface area (Å²) < 4.78 is 85.2. The van der Waals surface area contributed by atoms with Gasteiger partial charge in [-0.15, -0.1) is 0 Å². The molecule has 2 rings (SSSR count). The molecule has 0 amide bonds. The molecule has 2 nitrogen and oxygen atoms in total. The van der Waals surface area contributed by atoms with Crippen molar-refractivity contribution in [3.63, 3.8) is 0 Å². The van der Waals surface area contributed by atoms with Crippen molar-refractivity contribution in [1.82, 2.24) is 0 Å². The van der Waals surface area contributed by atoms with Gasteiger partial charge in [-0.25, -0.2) is 4.39 Å². The normalized spacial score (nSPS) is 12.6. The highest BCUT2D eigenvalue weighted by Crippen LogP contribution is 2.36. The highest BCUT2D eigenvalue weighted by Gasteiger charge is 2.59. The second kappa shape index (κ2) is 10.3. The van der Waals surface area contributed by atoms with Gasteiger partial charge in [-0.3, -0.25) is 0 Å². The van der Waals surface area contributed by atoms with Crippen molar-refractivity contribution in [2.45, 2.75) is 44.6 Å². The van der Waals surface area contributed by atoms with Crippen LogP contribution in [0.25, 0.3) is 0 Å². The second-order valence-corrected chi connectivity index (χ2v) is 6.42. The van der Waals surface area contributed by atoms with Gasteiger partial charge >= 0.3 is 12.3 Å². The summed E-state index contributed by atoms with van der Waals surface area (Å²) >= 11 is 0. The number of hydrogen-bond donors (Lipinski definition) is 0. The summed E-state index contributed by atoms with van der Waals surface area (Å²) in [5, 5.41) is 0. The summed E-state index contributed by atoms with van der Waals surface area (Å²) in [5.74, 6) is 5.77. The third-order valence-electron chi connectivity index (χ3n) is 3.91. The molecule has 8 heteroatoms. The molecule has 0 radical (unpaired) electrons. The van der Waals surface area contributed by atoms with E-state index in [1.165, 1.54) is 12.1 Å². The number of halogens is 6. The van der Waals surface area contributed by atoms with E-state index in [-0.39, 0.29) is 0 Å². The van der Waals surface area contributed by atoms with Gasteiger partial charge in [0.1, 0.15) is 11.5 Å². The van der Waals surface area contributed by atoms with Crippen molar-refractivity contribution in [3.8, 4) is 23.3 Å². The lowest BCUT2D eigenvalue weighted by Gasteiger charge is -2.23. The lowest BCUT2D eigenvalue weighted by Crippen LogP contribution is -2.45. The third-order valence-corrected chi connectivity index (χ3v) is 3.91. The molecule has 0 aliphatic heterocycles. The van der Waals surface area contributed by atoms with Crippen molar-refractivity contribution in [2.24, 2.45) is 0 Å². The van der Waals surface area contributed by atoms with Crippen molar-refractivity contribution < 1.29 is 35.8 Å². The van der Waals surface area contributed by atoms with Crippen LogP contribution in [0.15, 0.2) is 48.5 Å². The monoisotopic (exact) mass is 430 g/mol. The second-order valence-electron chi connectivity index (χ2n) is 6.42. The maximum absolute atomic E-state index is 13.3. The maximum Gasteiger partial charge on any atom is 0.439 e. The molecule has 0 heterocycles. The molecular weight excluding hydrogens is 410 g/mol. The average Bonchev–Trinajstić information content (AvgIpc) is 2.70. The molecule has 2 aromatic rings. The molecule has 0 spiro atoms. The van der Waals surface area contributed by atoms with E-state index in [2.05, 4.69) is 23.5 Å². The molecule has 0 fully saturated rings. The van der Waals surface area contributed by atoms with Crippen LogP contribution in [0, 0.1) is 11.8 Å². The molecule has 1 atom stereocenters. The Labute approximate surface area is 170 Å². The van der Waals surface area contributed by atoms with Crippen LogP contribution in [-0.2, 0) is 0 Å². The summed E-state index contributed by atoms with van der Waals surface area (Å²) in [7, 11) is 0. The van der Waals surface area contributed by atoms with Gasteiger partial charge < -0.3 is 9.47 Å². The number of benzene rings is 2. The lowest BCUT2D eigenvalue weighted by atomic mass is 10.1. The van der Waals surface area contributed by atoms with Crippen LogP contribution >= 0.6 is 0 Å². The lowest BCUT2D eigenvalue weighted by molar-refractivity contribution is -0.304. The zero-order valence-corrected chi connectivity index (χ0v) is 16.1. The van der Waals surface area contributed by atoms with E-state index in [4.69, 9.17) is 4.74 Å². The third kappa shape index (κ3) is 7.21. The first-order valence-electron chi connectivity index (χ1n) is 9.24. The SMILES string of the molecule is CCCCCOc1ccc(C#Cc2ccc(OC(F)(F)C(F)C(F)(F)F)cc2)cc1. The Morgan fingerprint density at radius 2 is 1.30 bits per heavy atom. The van der Waals surface area contributed by atoms with Crippen molar-refractivity contribution in [2.75, 3.05) is 6.61 Å². The summed E-state index contributed by atoms with van der Waals surface area (Å²) in [6, 6.07) is 11.6. The van der Waals surface area contributed by atoms with Crippen LogP contribution in [0.5, 0.6) is 11.5 Å². The van der Waals surface area contributed by atoms with E-state index in [9.17, 15) is 26.3 Å². The van der Waals surface area contributed by atoms with Crippen LogP contribution in [0.2, 0.25) is 0 Å². The van der Waals surface area contributed by atoms with Crippen molar-refractivity contribution in [1.29, 1.82) is 0 Å². The van der Waals surface area contributed by atoms with Gasteiger partial charge in [0.25, 0.3) is 6.17 Å². The van der Waals surface area contributed by atoms with Crippen LogP contribution in [0.3, 0.4) is 0 Å². The first kappa shape index (κ1) is 23.5. The van der Waals surface area contributed by atoms with Gasteiger partial charge in [0.2, 0.25) is 0 Å². The largest absolute Gasteiger partial charge is 0.494 e. The van der Waals surface area contributed by atoms with Gasteiger partial charge in [0, 0.05) is 11.1 Å². The average molecular weight is 430 g/mol. The van der Waals surface area contributed by atoms with Gasteiger partial charge in [0.15, 0.2) is 0 Å². The van der Waals surface area contributed by atoms with E-state index < -0.39 is 24.2 Å². The van der Waals surface area contributed by atoms with Crippen molar-refractivity contribution >= 4 is 0 Å². The number of unbranched alkanes of at least 4 members (excludes halogenated alkanes) is 2. The molecule has 0 N–H and O–H groups in total. The molecule has 0 bridgehead atoms. The van der Waals surface area contributed by atoms with Gasteiger partial charge in [0.05, 0.1) is 6.61 Å². The quantitative estimate of drug-likeness (QED) is 0.269. The smallest absolute Gasteiger partial charge is 0.439 e. The van der Waals surface area contributed by atoms with E-state index in [1.807, 2.05) is 0 Å². The fourth-order valence-corrected chi connectivity index (χ4v) is 2.33. The first-order chi connectivity index (χ1) is 14.1. The highest BCUT2D eigenvalue weighted by molar-refractivity contribution is 5.45. The molecule has 0 aliphatic rings. The van der Waals surface area contributed by atoms with Crippen LogP contribution in [-0.4, -0.2) is 25.1 Å². The van der Waals surface area contributed by atoms with E-state index in [0.717, 1.165) is 37.1 Å². The summed E-state index contributed by atoms with van der Waals surface area (Å²) in [5.41, 5.74) is 1.10.